The molecule has 1 saturated heterocycles. The van der Waals surface area contributed by atoms with Gasteiger partial charge in [0, 0.05) is 43.5 Å². The lowest BCUT2D eigenvalue weighted by Crippen LogP contribution is -2.45. The third-order valence-corrected chi connectivity index (χ3v) is 6.38. The highest BCUT2D eigenvalue weighted by atomic mass is 32.2. The van der Waals surface area contributed by atoms with Gasteiger partial charge in [-0.05, 0) is 43.2 Å². The molecule has 6 heteroatoms. The second-order valence-corrected chi connectivity index (χ2v) is 8.40. The smallest absolute Gasteiger partial charge is 0.225 e. The highest BCUT2D eigenvalue weighted by molar-refractivity contribution is 7.98. The lowest BCUT2D eigenvalue weighted by Gasteiger charge is -2.26. The number of aliphatic imine (C=N–C) groups is 1. The van der Waals surface area contributed by atoms with Crippen molar-refractivity contribution in [1.29, 1.82) is 0 Å². The van der Waals surface area contributed by atoms with Gasteiger partial charge in [0.1, 0.15) is 0 Å². The summed E-state index contributed by atoms with van der Waals surface area (Å²) in [4.78, 5) is 20.4. The standard InChI is InChI=1S/C21H32N4OS/c1-22-21(23-14-16-8-10-19(27-2)11-9-16)24-18-12-13-25(15-18)20(26)17-6-4-3-5-7-17/h8-11,17-18H,3-7,12-15H2,1-2H3,(H2,22,23,24). The summed E-state index contributed by atoms with van der Waals surface area (Å²) in [6.07, 6.45) is 8.93. The van der Waals surface area contributed by atoms with E-state index in [0.29, 0.717) is 5.91 Å². The van der Waals surface area contributed by atoms with Crippen LogP contribution in [0.15, 0.2) is 34.2 Å². The summed E-state index contributed by atoms with van der Waals surface area (Å²) in [5.41, 5.74) is 1.23. The van der Waals surface area contributed by atoms with E-state index in [1.165, 1.54) is 29.7 Å². The van der Waals surface area contributed by atoms with Crippen LogP contribution in [-0.4, -0.2) is 49.2 Å². The number of likely N-dealkylation sites (tertiary alicyclic amines) is 1. The van der Waals surface area contributed by atoms with E-state index in [4.69, 9.17) is 0 Å². The molecular formula is C21H32N4OS. The molecule has 3 rings (SSSR count). The number of benzene rings is 1. The normalized spacial score (nSPS) is 21.3. The van der Waals surface area contributed by atoms with Gasteiger partial charge in [0.2, 0.25) is 5.91 Å². The third kappa shape index (κ3) is 5.64. The predicted molar refractivity (Wildman–Crippen MR) is 113 cm³/mol. The van der Waals surface area contributed by atoms with Gasteiger partial charge in [-0.25, -0.2) is 0 Å². The number of thioether (sulfide) groups is 1. The van der Waals surface area contributed by atoms with Gasteiger partial charge in [-0.1, -0.05) is 31.4 Å². The van der Waals surface area contributed by atoms with Crippen LogP contribution in [0.2, 0.25) is 0 Å². The van der Waals surface area contributed by atoms with E-state index in [1.807, 2.05) is 0 Å². The zero-order valence-electron chi connectivity index (χ0n) is 16.5. The molecular weight excluding hydrogens is 356 g/mol. The van der Waals surface area contributed by atoms with Gasteiger partial charge in [0.15, 0.2) is 5.96 Å². The first-order valence-corrected chi connectivity index (χ1v) is 11.3. The summed E-state index contributed by atoms with van der Waals surface area (Å²) in [5.74, 6) is 1.44. The van der Waals surface area contributed by atoms with E-state index >= 15 is 0 Å². The molecule has 27 heavy (non-hydrogen) atoms. The Morgan fingerprint density at radius 3 is 2.59 bits per heavy atom. The molecule has 0 bridgehead atoms. The summed E-state index contributed by atoms with van der Waals surface area (Å²) in [6, 6.07) is 8.86. The van der Waals surface area contributed by atoms with E-state index in [2.05, 4.69) is 51.0 Å². The van der Waals surface area contributed by atoms with Crippen molar-refractivity contribution in [3.8, 4) is 0 Å². The molecule has 1 aliphatic carbocycles. The van der Waals surface area contributed by atoms with Crippen molar-refractivity contribution in [3.05, 3.63) is 29.8 Å². The van der Waals surface area contributed by atoms with Gasteiger partial charge in [0.05, 0.1) is 0 Å². The number of nitrogens with one attached hydrogen (secondary N) is 2. The topological polar surface area (TPSA) is 56.7 Å². The summed E-state index contributed by atoms with van der Waals surface area (Å²) < 4.78 is 0. The van der Waals surface area contributed by atoms with Crippen LogP contribution in [-0.2, 0) is 11.3 Å². The van der Waals surface area contributed by atoms with Crippen LogP contribution in [0.4, 0.5) is 0 Å². The number of amides is 1. The van der Waals surface area contributed by atoms with Gasteiger partial charge < -0.3 is 15.5 Å². The molecule has 1 saturated carbocycles. The fourth-order valence-electron chi connectivity index (χ4n) is 4.00. The zero-order valence-corrected chi connectivity index (χ0v) is 17.4. The predicted octanol–water partition coefficient (Wildman–Crippen LogP) is 3.25. The van der Waals surface area contributed by atoms with Crippen LogP contribution in [0.1, 0.15) is 44.1 Å². The molecule has 1 unspecified atom stereocenters. The summed E-state index contributed by atoms with van der Waals surface area (Å²) in [6.45, 7) is 2.39. The van der Waals surface area contributed by atoms with E-state index in [9.17, 15) is 4.79 Å². The summed E-state index contributed by atoms with van der Waals surface area (Å²) in [7, 11) is 1.80. The first-order chi connectivity index (χ1) is 13.2. The molecule has 1 heterocycles. The monoisotopic (exact) mass is 388 g/mol. The minimum absolute atomic E-state index is 0.263. The largest absolute Gasteiger partial charge is 0.352 e. The van der Waals surface area contributed by atoms with Crippen molar-refractivity contribution in [2.24, 2.45) is 10.9 Å². The molecule has 5 nitrogen and oxygen atoms in total. The maximum absolute atomic E-state index is 12.7. The fraction of sp³-hybridized carbons (Fsp3) is 0.619. The van der Waals surface area contributed by atoms with Gasteiger partial charge in [0.25, 0.3) is 0 Å². The number of hydrogen-bond donors (Lipinski definition) is 2. The van der Waals surface area contributed by atoms with Crippen LogP contribution in [0.25, 0.3) is 0 Å². The Kier molecular flexibility index (Phi) is 7.44. The van der Waals surface area contributed by atoms with Crippen molar-refractivity contribution in [2.45, 2.75) is 56.0 Å². The number of guanidine groups is 1. The quantitative estimate of drug-likeness (QED) is 0.462. The first kappa shape index (κ1) is 20.1. The van der Waals surface area contributed by atoms with Gasteiger partial charge >= 0.3 is 0 Å². The molecule has 2 fully saturated rings. The Bertz CT molecular complexity index is 640. The second-order valence-electron chi connectivity index (χ2n) is 7.52. The Hall–Kier alpha value is -1.69. The van der Waals surface area contributed by atoms with Crippen molar-refractivity contribution in [3.63, 3.8) is 0 Å². The van der Waals surface area contributed by atoms with Crippen LogP contribution < -0.4 is 10.6 Å². The molecule has 1 aromatic rings. The molecule has 0 radical (unpaired) electrons. The molecule has 2 aliphatic rings. The maximum Gasteiger partial charge on any atom is 0.225 e. The lowest BCUT2D eigenvalue weighted by atomic mass is 9.88. The molecule has 0 aromatic heterocycles. The maximum atomic E-state index is 12.7. The van der Waals surface area contributed by atoms with Crippen molar-refractivity contribution in [2.75, 3.05) is 26.4 Å². The highest BCUT2D eigenvalue weighted by Gasteiger charge is 2.31. The van der Waals surface area contributed by atoms with Gasteiger partial charge in [-0.2, -0.15) is 0 Å². The Morgan fingerprint density at radius 2 is 1.93 bits per heavy atom. The molecule has 2 N–H and O–H groups in total. The SMILES string of the molecule is CN=C(NCc1ccc(SC)cc1)NC1CCN(C(=O)C2CCCCC2)C1. The Morgan fingerprint density at radius 1 is 1.19 bits per heavy atom. The van der Waals surface area contributed by atoms with Crippen molar-refractivity contribution >= 4 is 23.6 Å². The molecule has 1 aromatic carbocycles. The van der Waals surface area contributed by atoms with Crippen LogP contribution in [0.3, 0.4) is 0 Å². The summed E-state index contributed by atoms with van der Waals surface area (Å²) >= 11 is 1.75. The second kappa shape index (κ2) is 10.0. The van der Waals surface area contributed by atoms with Gasteiger partial charge in [-0.3, -0.25) is 9.79 Å². The third-order valence-electron chi connectivity index (χ3n) is 5.64. The Labute approximate surface area is 167 Å². The van der Waals surface area contributed by atoms with E-state index in [-0.39, 0.29) is 12.0 Å². The first-order valence-electron chi connectivity index (χ1n) is 10.1. The zero-order chi connectivity index (χ0) is 19.1. The Balaban J connectivity index is 1.45. The number of hydrogen-bond acceptors (Lipinski definition) is 3. The lowest BCUT2D eigenvalue weighted by molar-refractivity contribution is -0.135. The van der Waals surface area contributed by atoms with Crippen molar-refractivity contribution < 1.29 is 4.79 Å². The summed E-state index contributed by atoms with van der Waals surface area (Å²) in [5, 5.41) is 6.87. The molecule has 1 amide bonds. The van der Waals surface area contributed by atoms with Crippen LogP contribution >= 0.6 is 11.8 Å². The van der Waals surface area contributed by atoms with Crippen LogP contribution in [0, 0.1) is 5.92 Å². The minimum Gasteiger partial charge on any atom is -0.352 e. The van der Waals surface area contributed by atoms with E-state index < -0.39 is 0 Å². The van der Waals surface area contributed by atoms with Crippen LogP contribution in [0.5, 0.6) is 0 Å². The van der Waals surface area contributed by atoms with Gasteiger partial charge in [-0.15, -0.1) is 11.8 Å². The average Bonchev–Trinajstić information content (AvgIpc) is 3.20. The number of carbonyl (C=O) groups excluding carboxylic acids is 1. The number of nitrogens with zero attached hydrogens (tertiary/aromatic N) is 2. The highest BCUT2D eigenvalue weighted by Crippen LogP contribution is 2.26. The molecule has 1 atom stereocenters. The van der Waals surface area contributed by atoms with E-state index in [1.54, 1.807) is 18.8 Å². The molecule has 148 valence electrons. The fourth-order valence-corrected chi connectivity index (χ4v) is 4.41. The minimum atomic E-state index is 0.263. The molecule has 0 spiro atoms. The number of carbonyl (C=O) groups is 1. The number of rotatable bonds is 5. The average molecular weight is 389 g/mol. The van der Waals surface area contributed by atoms with Crippen molar-refractivity contribution in [1.82, 2.24) is 15.5 Å². The van der Waals surface area contributed by atoms with E-state index in [0.717, 1.165) is 44.9 Å². The molecule has 1 aliphatic heterocycles.